The fourth-order valence-electron chi connectivity index (χ4n) is 0.955. The second-order valence-electron chi connectivity index (χ2n) is 2.18. The van der Waals surface area contributed by atoms with Crippen LogP contribution in [-0.4, -0.2) is 18.5 Å². The van der Waals surface area contributed by atoms with E-state index in [1.807, 2.05) is 0 Å². The molecule has 1 unspecified atom stereocenters. The number of nitrogens with one attached hydrogen (secondary N) is 2. The Labute approximate surface area is 62.5 Å². The molecular formula is C5H6N5O-. The minimum Gasteiger partial charge on any atom is -0.859 e. The molecule has 4 N–H and O–H groups in total. The third kappa shape index (κ3) is 0.794. The Morgan fingerprint density at radius 2 is 2.45 bits per heavy atom. The van der Waals surface area contributed by atoms with Crippen LogP contribution < -0.4 is 21.5 Å². The highest BCUT2D eigenvalue weighted by atomic mass is 16.3. The van der Waals surface area contributed by atoms with Gasteiger partial charge in [-0.15, -0.1) is 0 Å². The second kappa shape index (κ2) is 1.88. The molecule has 58 valence electrons. The van der Waals surface area contributed by atoms with Crippen molar-refractivity contribution < 1.29 is 5.11 Å². The minimum atomic E-state index is -0.455. The summed E-state index contributed by atoms with van der Waals surface area (Å²) >= 11 is 0. The van der Waals surface area contributed by atoms with Crippen molar-refractivity contribution in [2.75, 3.05) is 0 Å². The van der Waals surface area contributed by atoms with Gasteiger partial charge in [0.2, 0.25) is 0 Å². The van der Waals surface area contributed by atoms with Gasteiger partial charge in [-0.3, -0.25) is 0 Å². The maximum Gasteiger partial charge on any atom is 0.194 e. The lowest BCUT2D eigenvalue weighted by atomic mass is 10.3. The first-order valence-electron chi connectivity index (χ1n) is 3.07. The van der Waals surface area contributed by atoms with E-state index in [-0.39, 0.29) is 11.8 Å². The van der Waals surface area contributed by atoms with E-state index in [1.165, 1.54) is 6.34 Å². The van der Waals surface area contributed by atoms with Gasteiger partial charge in [-0.05, 0) is 5.88 Å². The first-order chi connectivity index (χ1) is 5.27. The first-order valence-corrected chi connectivity index (χ1v) is 3.07. The number of nitrogens with zero attached hydrogens (tertiary/aromatic N) is 2. The van der Waals surface area contributed by atoms with Crippen LogP contribution in [-0.2, 0) is 0 Å². The Balaban J connectivity index is 2.36. The number of aliphatic imine (C=N–C) groups is 2. The molecule has 0 amide bonds. The van der Waals surface area contributed by atoms with E-state index in [2.05, 4.69) is 20.6 Å². The van der Waals surface area contributed by atoms with E-state index in [4.69, 9.17) is 5.73 Å². The molecule has 0 bridgehead atoms. The molecule has 6 heteroatoms. The standard InChI is InChI=1S/C5H7N5O/c6-5-9-3-2(4(11)10-5)7-1-8-3/h1,3,11H,(H,7,8)(H3,6,9,10)/p-1. The van der Waals surface area contributed by atoms with Gasteiger partial charge < -0.3 is 21.5 Å². The molecule has 2 aliphatic rings. The van der Waals surface area contributed by atoms with Gasteiger partial charge in [0.15, 0.2) is 12.1 Å². The molecule has 6 nitrogen and oxygen atoms in total. The van der Waals surface area contributed by atoms with Crippen LogP contribution in [0.2, 0.25) is 0 Å². The average molecular weight is 152 g/mol. The van der Waals surface area contributed by atoms with E-state index < -0.39 is 6.17 Å². The number of hydrogen-bond donors (Lipinski definition) is 3. The molecule has 0 saturated carbocycles. The summed E-state index contributed by atoms with van der Waals surface area (Å²) in [7, 11) is 0. The molecular weight excluding hydrogens is 146 g/mol. The Hall–Kier alpha value is -1.72. The Morgan fingerprint density at radius 3 is 3.27 bits per heavy atom. The van der Waals surface area contributed by atoms with Gasteiger partial charge in [-0.2, -0.15) is 0 Å². The van der Waals surface area contributed by atoms with Crippen LogP contribution in [0.25, 0.3) is 0 Å². The summed E-state index contributed by atoms with van der Waals surface area (Å²) in [6.07, 6.45) is 0.977. The zero-order valence-corrected chi connectivity index (χ0v) is 5.53. The Morgan fingerprint density at radius 1 is 1.64 bits per heavy atom. The lowest BCUT2D eigenvalue weighted by Gasteiger charge is -2.23. The van der Waals surface area contributed by atoms with E-state index >= 15 is 0 Å². The van der Waals surface area contributed by atoms with Crippen LogP contribution >= 0.6 is 0 Å². The Bertz CT molecular complexity index is 279. The van der Waals surface area contributed by atoms with Crippen molar-refractivity contribution in [1.82, 2.24) is 10.6 Å². The molecule has 1 atom stereocenters. The van der Waals surface area contributed by atoms with E-state index in [1.54, 1.807) is 0 Å². The summed E-state index contributed by atoms with van der Waals surface area (Å²) in [6, 6.07) is 0. The zero-order chi connectivity index (χ0) is 7.84. The summed E-state index contributed by atoms with van der Waals surface area (Å²) in [5, 5.41) is 16.1. The maximum atomic E-state index is 11.0. The number of rotatable bonds is 0. The van der Waals surface area contributed by atoms with Gasteiger partial charge in [-0.25, -0.2) is 9.98 Å². The molecule has 0 aromatic rings. The van der Waals surface area contributed by atoms with Crippen molar-refractivity contribution in [3.8, 4) is 0 Å². The van der Waals surface area contributed by atoms with Crippen molar-refractivity contribution >= 4 is 12.3 Å². The topological polar surface area (TPSA) is 97.9 Å². The molecule has 0 aromatic heterocycles. The fourth-order valence-corrected chi connectivity index (χ4v) is 0.955. The van der Waals surface area contributed by atoms with Crippen LogP contribution in [0.5, 0.6) is 0 Å². The van der Waals surface area contributed by atoms with E-state index in [0.717, 1.165) is 0 Å². The molecule has 0 saturated heterocycles. The summed E-state index contributed by atoms with van der Waals surface area (Å²) < 4.78 is 0. The third-order valence-electron chi connectivity index (χ3n) is 1.44. The van der Waals surface area contributed by atoms with Crippen LogP contribution in [0.3, 0.4) is 0 Å². The highest BCUT2D eigenvalue weighted by Crippen LogP contribution is 2.12. The number of hydrogen-bond acceptors (Lipinski definition) is 6. The van der Waals surface area contributed by atoms with Crippen LogP contribution in [0.1, 0.15) is 0 Å². The average Bonchev–Trinajstić information content (AvgIpc) is 2.34. The predicted molar refractivity (Wildman–Crippen MR) is 37.2 cm³/mol. The molecule has 11 heavy (non-hydrogen) atoms. The number of nitrogens with two attached hydrogens (primary N) is 1. The van der Waals surface area contributed by atoms with Gasteiger partial charge >= 0.3 is 0 Å². The SMILES string of the molecule is NC1=NC2N=CNC2=C([O-])N1. The zero-order valence-electron chi connectivity index (χ0n) is 5.53. The largest absolute Gasteiger partial charge is 0.859 e. The molecule has 2 rings (SSSR count). The quantitative estimate of drug-likeness (QED) is 0.354. The van der Waals surface area contributed by atoms with Crippen LogP contribution in [0, 0.1) is 0 Å². The summed E-state index contributed by atoms with van der Waals surface area (Å²) in [5.74, 6) is -0.149. The monoisotopic (exact) mass is 152 g/mol. The first kappa shape index (κ1) is 6.02. The highest BCUT2D eigenvalue weighted by Gasteiger charge is 2.20. The van der Waals surface area contributed by atoms with Gasteiger partial charge in [-0.1, -0.05) is 0 Å². The van der Waals surface area contributed by atoms with Crippen LogP contribution in [0.15, 0.2) is 21.6 Å². The number of fused-ring (bicyclic) bond motifs is 1. The van der Waals surface area contributed by atoms with Crippen molar-refractivity contribution in [2.24, 2.45) is 15.7 Å². The van der Waals surface area contributed by atoms with E-state index in [0.29, 0.717) is 5.70 Å². The van der Waals surface area contributed by atoms with Gasteiger partial charge in [0, 0.05) is 0 Å². The molecule has 2 aliphatic heterocycles. The highest BCUT2D eigenvalue weighted by molar-refractivity contribution is 5.82. The Kier molecular flexibility index (Phi) is 1.03. The summed E-state index contributed by atoms with van der Waals surface area (Å²) in [6.45, 7) is 0. The predicted octanol–water partition coefficient (Wildman–Crippen LogP) is -2.61. The molecule has 2 heterocycles. The molecule has 0 radical (unpaired) electrons. The third-order valence-corrected chi connectivity index (χ3v) is 1.44. The van der Waals surface area contributed by atoms with Gasteiger partial charge in [0.1, 0.15) is 0 Å². The van der Waals surface area contributed by atoms with Gasteiger partial charge in [0.25, 0.3) is 0 Å². The smallest absolute Gasteiger partial charge is 0.194 e. The molecule has 0 spiro atoms. The van der Waals surface area contributed by atoms with Crippen molar-refractivity contribution in [3.63, 3.8) is 0 Å². The number of guanidine groups is 1. The van der Waals surface area contributed by atoms with Crippen molar-refractivity contribution in [2.45, 2.75) is 6.17 Å². The molecule has 0 fully saturated rings. The van der Waals surface area contributed by atoms with Crippen LogP contribution in [0.4, 0.5) is 0 Å². The second-order valence-corrected chi connectivity index (χ2v) is 2.18. The lowest BCUT2D eigenvalue weighted by molar-refractivity contribution is -0.311. The molecule has 0 aromatic carbocycles. The van der Waals surface area contributed by atoms with Gasteiger partial charge in [0.05, 0.1) is 12.0 Å². The minimum absolute atomic E-state index is 0.115. The maximum absolute atomic E-state index is 11.0. The lowest BCUT2D eigenvalue weighted by Crippen LogP contribution is -2.43. The summed E-state index contributed by atoms with van der Waals surface area (Å²) in [4.78, 5) is 7.72. The van der Waals surface area contributed by atoms with E-state index in [9.17, 15) is 5.11 Å². The fraction of sp³-hybridized carbons (Fsp3) is 0.200. The molecule has 0 aliphatic carbocycles. The van der Waals surface area contributed by atoms with Crippen molar-refractivity contribution in [1.29, 1.82) is 0 Å². The van der Waals surface area contributed by atoms with Crippen molar-refractivity contribution in [3.05, 3.63) is 11.6 Å². The summed E-state index contributed by atoms with van der Waals surface area (Å²) in [5.41, 5.74) is 5.71. The normalized spacial score (nSPS) is 27.3.